The molecule has 1 fully saturated rings. The summed E-state index contributed by atoms with van der Waals surface area (Å²) >= 11 is 0. The van der Waals surface area contributed by atoms with Gasteiger partial charge in [-0.05, 0) is 12.1 Å². The van der Waals surface area contributed by atoms with E-state index in [0.717, 1.165) is 43.5 Å². The number of aromatic nitrogens is 6. The third-order valence-electron chi connectivity index (χ3n) is 4.46. The molecule has 0 bridgehead atoms. The summed E-state index contributed by atoms with van der Waals surface area (Å²) in [6.07, 6.45) is 7.44. The number of hydrogen-bond acceptors (Lipinski definition) is 6. The van der Waals surface area contributed by atoms with Crippen LogP contribution in [0.5, 0.6) is 0 Å². The van der Waals surface area contributed by atoms with Crippen LogP contribution in [0.15, 0.2) is 43.0 Å². The van der Waals surface area contributed by atoms with E-state index in [0.29, 0.717) is 6.54 Å². The second kappa shape index (κ2) is 7.12. The van der Waals surface area contributed by atoms with Gasteiger partial charge in [-0.2, -0.15) is 0 Å². The summed E-state index contributed by atoms with van der Waals surface area (Å²) < 4.78 is 9.31. The van der Waals surface area contributed by atoms with Crippen LogP contribution in [0.4, 0.5) is 0 Å². The summed E-state index contributed by atoms with van der Waals surface area (Å²) in [6, 6.07) is 6.17. The van der Waals surface area contributed by atoms with Gasteiger partial charge in [-0.1, -0.05) is 11.3 Å². The molecule has 4 rings (SSSR count). The first-order valence-electron chi connectivity index (χ1n) is 8.42. The fourth-order valence-corrected chi connectivity index (χ4v) is 3.14. The summed E-state index contributed by atoms with van der Waals surface area (Å²) in [7, 11) is 1.95. The van der Waals surface area contributed by atoms with Gasteiger partial charge < -0.3 is 9.30 Å². The highest BCUT2D eigenvalue weighted by Gasteiger charge is 2.24. The second-order valence-corrected chi connectivity index (χ2v) is 6.11. The molecule has 3 aromatic heterocycles. The minimum Gasteiger partial charge on any atom is -0.379 e. The summed E-state index contributed by atoms with van der Waals surface area (Å²) in [6.45, 7) is 3.97. The molecule has 1 saturated heterocycles. The highest BCUT2D eigenvalue weighted by Crippen LogP contribution is 2.22. The van der Waals surface area contributed by atoms with Gasteiger partial charge in [-0.3, -0.25) is 9.88 Å². The second-order valence-electron chi connectivity index (χ2n) is 6.11. The van der Waals surface area contributed by atoms with Gasteiger partial charge in [0.25, 0.3) is 0 Å². The third kappa shape index (κ3) is 3.45. The minimum absolute atomic E-state index is 0.140. The molecule has 8 nitrogen and oxygen atoms in total. The van der Waals surface area contributed by atoms with Crippen molar-refractivity contribution in [1.29, 1.82) is 0 Å². The molecule has 0 amide bonds. The fraction of sp³-hybridized carbons (Fsp3) is 0.412. The Morgan fingerprint density at radius 3 is 2.76 bits per heavy atom. The van der Waals surface area contributed by atoms with Crippen LogP contribution in [0, 0.1) is 0 Å². The van der Waals surface area contributed by atoms with Gasteiger partial charge in [0.1, 0.15) is 5.69 Å². The van der Waals surface area contributed by atoms with Gasteiger partial charge in [0, 0.05) is 38.7 Å². The van der Waals surface area contributed by atoms with Gasteiger partial charge in [-0.25, -0.2) is 9.67 Å². The predicted octanol–water partition coefficient (Wildman–Crippen LogP) is 1.15. The Labute approximate surface area is 146 Å². The number of rotatable bonds is 5. The lowest BCUT2D eigenvalue weighted by Crippen LogP contribution is -2.41. The molecule has 0 unspecified atom stereocenters. The molecule has 0 N–H and O–H groups in total. The normalized spacial score (nSPS) is 16.8. The average Bonchev–Trinajstić information content (AvgIpc) is 3.29. The molecular formula is C17H21N7O. The van der Waals surface area contributed by atoms with E-state index in [2.05, 4.69) is 31.2 Å². The highest BCUT2D eigenvalue weighted by atomic mass is 16.5. The Kier molecular flexibility index (Phi) is 4.53. The van der Waals surface area contributed by atoms with E-state index in [9.17, 15) is 0 Å². The number of ether oxygens (including phenoxy) is 1. The number of nitrogens with zero attached hydrogens (tertiary/aromatic N) is 7. The van der Waals surface area contributed by atoms with Crippen molar-refractivity contribution in [3.8, 4) is 11.5 Å². The van der Waals surface area contributed by atoms with Gasteiger partial charge in [0.2, 0.25) is 0 Å². The zero-order valence-electron chi connectivity index (χ0n) is 14.2. The molecule has 0 aliphatic carbocycles. The first-order valence-corrected chi connectivity index (χ1v) is 8.42. The number of pyridine rings is 1. The standard InChI is InChI=1S/C17H21N7O/c1-22-7-6-19-17(22)15-12-24(21-20-15)13-16(14-4-2-3-5-18-14)23-8-10-25-11-9-23/h2-7,12,16H,8-11,13H2,1H3/t16-/m1/s1. The number of hydrogen-bond donors (Lipinski definition) is 0. The van der Waals surface area contributed by atoms with E-state index in [1.54, 1.807) is 6.20 Å². The molecule has 1 atom stereocenters. The van der Waals surface area contributed by atoms with Crippen molar-refractivity contribution in [3.63, 3.8) is 0 Å². The van der Waals surface area contributed by atoms with Gasteiger partial charge in [0.05, 0.1) is 37.7 Å². The van der Waals surface area contributed by atoms with Crippen molar-refractivity contribution < 1.29 is 4.74 Å². The SMILES string of the molecule is Cn1ccnc1-c1cn(C[C@H](c2ccccn2)N2CCOCC2)nn1. The van der Waals surface area contributed by atoms with E-state index >= 15 is 0 Å². The van der Waals surface area contributed by atoms with Crippen molar-refractivity contribution >= 4 is 0 Å². The lowest BCUT2D eigenvalue weighted by molar-refractivity contribution is 0.0105. The first-order chi connectivity index (χ1) is 12.3. The summed E-state index contributed by atoms with van der Waals surface area (Å²) in [5.41, 5.74) is 1.81. The Bertz CT molecular complexity index is 807. The predicted molar refractivity (Wildman–Crippen MR) is 91.6 cm³/mol. The zero-order chi connectivity index (χ0) is 17.1. The minimum atomic E-state index is 0.140. The van der Waals surface area contributed by atoms with E-state index < -0.39 is 0 Å². The largest absolute Gasteiger partial charge is 0.379 e. The molecular weight excluding hydrogens is 318 g/mol. The van der Waals surface area contributed by atoms with Crippen LogP contribution in [-0.2, 0) is 18.3 Å². The number of imidazole rings is 1. The highest BCUT2D eigenvalue weighted by molar-refractivity contribution is 5.47. The van der Waals surface area contributed by atoms with E-state index in [4.69, 9.17) is 4.74 Å². The lowest BCUT2D eigenvalue weighted by atomic mass is 10.1. The van der Waals surface area contributed by atoms with Crippen molar-refractivity contribution in [2.45, 2.75) is 12.6 Å². The molecule has 0 aromatic carbocycles. The van der Waals surface area contributed by atoms with Crippen LogP contribution in [-0.4, -0.2) is 60.7 Å². The molecule has 3 aromatic rings. The smallest absolute Gasteiger partial charge is 0.161 e. The first kappa shape index (κ1) is 15.9. The summed E-state index contributed by atoms with van der Waals surface area (Å²) in [5.74, 6) is 0.812. The fourth-order valence-electron chi connectivity index (χ4n) is 3.14. The van der Waals surface area contributed by atoms with Crippen LogP contribution in [0.3, 0.4) is 0 Å². The Morgan fingerprint density at radius 2 is 2.04 bits per heavy atom. The molecule has 8 heteroatoms. The maximum Gasteiger partial charge on any atom is 0.161 e. The molecule has 0 saturated carbocycles. The monoisotopic (exact) mass is 339 g/mol. The molecule has 0 radical (unpaired) electrons. The van der Waals surface area contributed by atoms with Crippen LogP contribution < -0.4 is 0 Å². The molecule has 1 aliphatic rings. The van der Waals surface area contributed by atoms with Crippen molar-refractivity contribution in [2.75, 3.05) is 26.3 Å². The molecule has 4 heterocycles. The quantitative estimate of drug-likeness (QED) is 0.694. The molecule has 130 valence electrons. The molecule has 25 heavy (non-hydrogen) atoms. The third-order valence-corrected chi connectivity index (χ3v) is 4.46. The van der Waals surface area contributed by atoms with E-state index in [1.807, 2.05) is 47.0 Å². The topological polar surface area (TPSA) is 73.9 Å². The van der Waals surface area contributed by atoms with Crippen molar-refractivity contribution in [3.05, 3.63) is 48.7 Å². The van der Waals surface area contributed by atoms with Gasteiger partial charge >= 0.3 is 0 Å². The number of morpholine rings is 1. The van der Waals surface area contributed by atoms with E-state index in [1.165, 1.54) is 0 Å². The van der Waals surface area contributed by atoms with Crippen LogP contribution >= 0.6 is 0 Å². The lowest BCUT2D eigenvalue weighted by Gasteiger charge is -2.33. The maximum absolute atomic E-state index is 5.49. The molecule has 0 spiro atoms. The zero-order valence-corrected chi connectivity index (χ0v) is 14.2. The van der Waals surface area contributed by atoms with Gasteiger partial charge in [0.15, 0.2) is 5.82 Å². The Balaban J connectivity index is 1.58. The summed E-state index contributed by atoms with van der Waals surface area (Å²) in [5, 5.41) is 8.58. The average molecular weight is 339 g/mol. The Hall–Kier alpha value is -2.58. The van der Waals surface area contributed by atoms with Crippen LogP contribution in [0.25, 0.3) is 11.5 Å². The van der Waals surface area contributed by atoms with Crippen LogP contribution in [0.1, 0.15) is 11.7 Å². The summed E-state index contributed by atoms with van der Waals surface area (Å²) in [4.78, 5) is 11.3. The van der Waals surface area contributed by atoms with Crippen LogP contribution in [0.2, 0.25) is 0 Å². The van der Waals surface area contributed by atoms with Crippen molar-refractivity contribution in [1.82, 2.24) is 34.4 Å². The number of aryl methyl sites for hydroxylation is 1. The Morgan fingerprint density at radius 1 is 1.16 bits per heavy atom. The molecule has 1 aliphatic heterocycles. The van der Waals surface area contributed by atoms with Crippen molar-refractivity contribution in [2.24, 2.45) is 7.05 Å². The van der Waals surface area contributed by atoms with E-state index in [-0.39, 0.29) is 6.04 Å². The van der Waals surface area contributed by atoms with Gasteiger partial charge in [-0.15, -0.1) is 5.10 Å². The maximum atomic E-state index is 5.49.